The molecule has 3 heterocycles. The van der Waals surface area contributed by atoms with Gasteiger partial charge in [0.1, 0.15) is 11.4 Å². The summed E-state index contributed by atoms with van der Waals surface area (Å²) in [6.45, 7) is -0.404. The van der Waals surface area contributed by atoms with E-state index in [9.17, 15) is 9.59 Å². The fourth-order valence-corrected chi connectivity index (χ4v) is 3.07. The molecule has 1 aromatic carbocycles. The predicted octanol–water partition coefficient (Wildman–Crippen LogP) is 2.25. The Morgan fingerprint density at radius 2 is 2.08 bits per heavy atom. The number of esters is 1. The number of benzene rings is 1. The molecule has 4 rings (SSSR count). The predicted molar refractivity (Wildman–Crippen MR) is 93.4 cm³/mol. The summed E-state index contributed by atoms with van der Waals surface area (Å²) in [6, 6.07) is 11.0. The molecule has 130 valence electrons. The van der Waals surface area contributed by atoms with E-state index in [4.69, 9.17) is 9.26 Å². The Bertz CT molecular complexity index is 1120. The zero-order chi connectivity index (χ0) is 17.9. The van der Waals surface area contributed by atoms with Gasteiger partial charge in [-0.3, -0.25) is 14.2 Å². The van der Waals surface area contributed by atoms with Gasteiger partial charge in [0.15, 0.2) is 6.61 Å². The van der Waals surface area contributed by atoms with E-state index in [0.29, 0.717) is 16.0 Å². The molecule has 0 saturated heterocycles. The average molecular weight is 368 g/mol. The minimum absolute atomic E-state index is 0.165. The number of aromatic nitrogens is 4. The van der Waals surface area contributed by atoms with Crippen molar-refractivity contribution in [1.82, 2.24) is 19.7 Å². The topological polar surface area (TPSA) is 100 Å². The molecule has 0 aliphatic rings. The number of rotatable bonds is 5. The van der Waals surface area contributed by atoms with Crippen LogP contribution in [0.25, 0.3) is 21.6 Å². The zero-order valence-corrected chi connectivity index (χ0v) is 14.2. The minimum atomic E-state index is -0.594. The lowest BCUT2D eigenvalue weighted by molar-refractivity contribution is -0.146. The van der Waals surface area contributed by atoms with Crippen LogP contribution in [0.1, 0.15) is 5.89 Å². The van der Waals surface area contributed by atoms with Crippen LogP contribution in [0, 0.1) is 0 Å². The number of carbonyl (C=O) groups is 1. The van der Waals surface area contributed by atoms with Crippen LogP contribution in [0.3, 0.4) is 0 Å². The van der Waals surface area contributed by atoms with Crippen molar-refractivity contribution < 1.29 is 14.1 Å². The fraction of sp³-hybridized carbons (Fsp3) is 0.118. The first-order chi connectivity index (χ1) is 12.7. The third-order valence-electron chi connectivity index (χ3n) is 3.61. The molecule has 26 heavy (non-hydrogen) atoms. The normalized spacial score (nSPS) is 10.9. The van der Waals surface area contributed by atoms with Crippen molar-refractivity contribution in [3.8, 4) is 11.4 Å². The Morgan fingerprint density at radius 3 is 2.92 bits per heavy atom. The molecule has 9 heteroatoms. The van der Waals surface area contributed by atoms with Crippen molar-refractivity contribution in [3.63, 3.8) is 0 Å². The van der Waals surface area contributed by atoms with Gasteiger partial charge in [0.05, 0.1) is 11.7 Å². The number of nitrogens with zero attached hydrogens (tertiary/aromatic N) is 4. The number of ether oxygens (including phenoxy) is 1. The standard InChI is InChI=1S/C17H12N4O4S/c22-14(8-21-10-18-16-12(17(21)23)6-7-26-16)24-9-13-19-15(20-25-13)11-4-2-1-3-5-11/h1-7,10H,8-9H2. The molecule has 0 unspecified atom stereocenters. The molecule has 4 aromatic rings. The molecule has 0 fully saturated rings. The molecule has 0 saturated carbocycles. The Kier molecular flexibility index (Phi) is 4.28. The van der Waals surface area contributed by atoms with Crippen molar-refractivity contribution in [2.75, 3.05) is 0 Å². The lowest BCUT2D eigenvalue weighted by atomic mass is 10.2. The molecule has 0 aliphatic carbocycles. The fourth-order valence-electron chi connectivity index (χ4n) is 2.35. The van der Waals surface area contributed by atoms with E-state index < -0.39 is 5.97 Å². The Hall–Kier alpha value is -3.33. The van der Waals surface area contributed by atoms with Crippen LogP contribution in [0.4, 0.5) is 0 Å². The number of thiophene rings is 1. The highest BCUT2D eigenvalue weighted by molar-refractivity contribution is 7.16. The van der Waals surface area contributed by atoms with Crippen LogP contribution in [-0.4, -0.2) is 25.7 Å². The highest BCUT2D eigenvalue weighted by atomic mass is 32.1. The summed E-state index contributed by atoms with van der Waals surface area (Å²) in [6.07, 6.45) is 1.34. The first-order valence-electron chi connectivity index (χ1n) is 7.67. The highest BCUT2D eigenvalue weighted by Gasteiger charge is 2.13. The molecule has 3 aromatic heterocycles. The molecule has 0 aliphatic heterocycles. The van der Waals surface area contributed by atoms with E-state index in [1.54, 1.807) is 11.4 Å². The summed E-state index contributed by atoms with van der Waals surface area (Å²) in [7, 11) is 0. The van der Waals surface area contributed by atoms with Crippen LogP contribution >= 0.6 is 11.3 Å². The number of hydrogen-bond acceptors (Lipinski definition) is 8. The van der Waals surface area contributed by atoms with Gasteiger partial charge in [-0.25, -0.2) is 4.98 Å². The van der Waals surface area contributed by atoms with Gasteiger partial charge in [-0.05, 0) is 11.4 Å². The SMILES string of the molecule is O=C(Cn1cnc2sccc2c1=O)OCc1nc(-c2ccccc2)no1. The van der Waals surface area contributed by atoms with Crippen molar-refractivity contribution in [2.45, 2.75) is 13.2 Å². The largest absolute Gasteiger partial charge is 0.454 e. The lowest BCUT2D eigenvalue weighted by Crippen LogP contribution is -2.25. The van der Waals surface area contributed by atoms with Crippen molar-refractivity contribution >= 4 is 27.5 Å². The van der Waals surface area contributed by atoms with Crippen LogP contribution in [0.2, 0.25) is 0 Å². The van der Waals surface area contributed by atoms with Gasteiger partial charge >= 0.3 is 5.97 Å². The third-order valence-corrected chi connectivity index (χ3v) is 4.43. The molecule has 0 amide bonds. The Morgan fingerprint density at radius 1 is 1.23 bits per heavy atom. The Balaban J connectivity index is 1.40. The summed E-state index contributed by atoms with van der Waals surface area (Å²) >= 11 is 1.37. The summed E-state index contributed by atoms with van der Waals surface area (Å²) in [5.41, 5.74) is 0.521. The van der Waals surface area contributed by atoms with E-state index in [1.165, 1.54) is 22.2 Å². The van der Waals surface area contributed by atoms with Crippen LogP contribution in [0.15, 0.2) is 57.4 Å². The molecular weight excluding hydrogens is 356 g/mol. The maximum Gasteiger partial charge on any atom is 0.326 e. The minimum Gasteiger partial charge on any atom is -0.454 e. The molecule has 8 nitrogen and oxygen atoms in total. The average Bonchev–Trinajstić information content (AvgIpc) is 3.33. The maximum atomic E-state index is 12.2. The van der Waals surface area contributed by atoms with Crippen LogP contribution < -0.4 is 5.56 Å². The van der Waals surface area contributed by atoms with E-state index >= 15 is 0 Å². The first kappa shape index (κ1) is 16.2. The van der Waals surface area contributed by atoms with Crippen molar-refractivity contribution in [2.24, 2.45) is 0 Å². The van der Waals surface area contributed by atoms with Gasteiger partial charge in [0.25, 0.3) is 11.4 Å². The van der Waals surface area contributed by atoms with Gasteiger partial charge in [-0.2, -0.15) is 4.98 Å². The van der Waals surface area contributed by atoms with Gasteiger partial charge in [-0.15, -0.1) is 11.3 Å². The second-order valence-electron chi connectivity index (χ2n) is 5.36. The molecule has 0 bridgehead atoms. The van der Waals surface area contributed by atoms with Gasteiger partial charge in [0, 0.05) is 5.56 Å². The van der Waals surface area contributed by atoms with Crippen molar-refractivity contribution in [1.29, 1.82) is 0 Å². The summed E-state index contributed by atoms with van der Waals surface area (Å²) in [5.74, 6) is -0.00104. The van der Waals surface area contributed by atoms with E-state index in [2.05, 4.69) is 15.1 Å². The summed E-state index contributed by atoms with van der Waals surface area (Å²) < 4.78 is 11.4. The number of hydrogen-bond donors (Lipinski definition) is 0. The third kappa shape index (κ3) is 3.24. The summed E-state index contributed by atoms with van der Waals surface area (Å²) in [5, 5.41) is 6.11. The van der Waals surface area contributed by atoms with E-state index in [1.807, 2.05) is 30.3 Å². The van der Waals surface area contributed by atoms with E-state index in [-0.39, 0.29) is 24.6 Å². The highest BCUT2D eigenvalue weighted by Crippen LogP contribution is 2.15. The maximum absolute atomic E-state index is 12.2. The zero-order valence-electron chi connectivity index (χ0n) is 13.4. The second-order valence-corrected chi connectivity index (χ2v) is 6.25. The first-order valence-corrected chi connectivity index (χ1v) is 8.55. The molecule has 0 atom stereocenters. The quantitative estimate of drug-likeness (QED) is 0.498. The smallest absolute Gasteiger partial charge is 0.326 e. The number of carbonyl (C=O) groups excluding carboxylic acids is 1. The lowest BCUT2D eigenvalue weighted by Gasteiger charge is -2.04. The molecule has 0 N–H and O–H groups in total. The van der Waals surface area contributed by atoms with Crippen LogP contribution in [-0.2, 0) is 22.7 Å². The summed E-state index contributed by atoms with van der Waals surface area (Å²) in [4.78, 5) is 33.2. The monoisotopic (exact) mass is 368 g/mol. The van der Waals surface area contributed by atoms with Gasteiger partial charge in [0.2, 0.25) is 5.82 Å². The van der Waals surface area contributed by atoms with Crippen LogP contribution in [0.5, 0.6) is 0 Å². The Labute approximate surface area is 150 Å². The molecule has 0 spiro atoms. The van der Waals surface area contributed by atoms with E-state index in [0.717, 1.165) is 5.56 Å². The molecular formula is C17H12N4O4S. The van der Waals surface area contributed by atoms with Gasteiger partial charge in [-0.1, -0.05) is 35.5 Å². The van der Waals surface area contributed by atoms with Crippen molar-refractivity contribution in [3.05, 3.63) is 64.4 Å². The molecule has 0 radical (unpaired) electrons. The van der Waals surface area contributed by atoms with Gasteiger partial charge < -0.3 is 9.26 Å². The number of fused-ring (bicyclic) bond motifs is 1. The second kappa shape index (κ2) is 6.89.